The number of allylic oxidation sites excluding steroid dienone is 1. The van der Waals surface area contributed by atoms with Crippen LogP contribution in [0.3, 0.4) is 0 Å². The van der Waals surface area contributed by atoms with Crippen LogP contribution in [0, 0.1) is 23.2 Å². The normalized spacial score (nSPS) is 29.2. The molecule has 2 aliphatic carbocycles. The molecule has 2 fully saturated rings. The first-order valence-electron chi connectivity index (χ1n) is 8.64. The number of rotatable bonds is 3. The molecular formula is C18H22F3NO3. The molecule has 0 saturated heterocycles. The van der Waals surface area contributed by atoms with Gasteiger partial charge in [0.15, 0.2) is 5.70 Å². The van der Waals surface area contributed by atoms with Gasteiger partial charge in [-0.05, 0) is 37.5 Å². The third-order valence-corrected chi connectivity index (χ3v) is 5.12. The summed E-state index contributed by atoms with van der Waals surface area (Å²) >= 11 is 0. The predicted octanol–water partition coefficient (Wildman–Crippen LogP) is 3.85. The van der Waals surface area contributed by atoms with Gasteiger partial charge in [-0.25, -0.2) is 4.79 Å². The second-order valence-electron chi connectivity index (χ2n) is 7.91. The highest BCUT2D eigenvalue weighted by molar-refractivity contribution is 6.11. The maximum absolute atomic E-state index is 13.6. The molecule has 0 aromatic heterocycles. The molecule has 25 heavy (non-hydrogen) atoms. The van der Waals surface area contributed by atoms with Crippen LogP contribution in [-0.2, 0) is 14.3 Å². The Kier molecular flexibility index (Phi) is 4.32. The molecule has 3 rings (SSSR count). The number of carbonyl (C=O) groups excluding carboxylic acids is 2. The summed E-state index contributed by atoms with van der Waals surface area (Å²) in [6, 6.07) is 0. The number of hydrogen-bond donors (Lipinski definition) is 0. The molecule has 0 amide bonds. The Morgan fingerprint density at radius 2 is 1.92 bits per heavy atom. The van der Waals surface area contributed by atoms with Gasteiger partial charge in [0, 0.05) is 18.1 Å². The van der Waals surface area contributed by atoms with Gasteiger partial charge in [0.25, 0.3) is 0 Å². The van der Waals surface area contributed by atoms with Gasteiger partial charge in [-0.2, -0.15) is 13.2 Å². The molecular weight excluding hydrogens is 335 g/mol. The average Bonchev–Trinajstić information content (AvgIpc) is 3.27. The van der Waals surface area contributed by atoms with Crippen LogP contribution in [0.4, 0.5) is 13.2 Å². The third-order valence-electron chi connectivity index (χ3n) is 5.12. The number of ketones is 1. The number of carbonyl (C=O) groups is 2. The van der Waals surface area contributed by atoms with Crippen molar-refractivity contribution in [2.45, 2.75) is 52.6 Å². The second-order valence-corrected chi connectivity index (χ2v) is 7.91. The van der Waals surface area contributed by atoms with E-state index in [4.69, 9.17) is 4.74 Å². The van der Waals surface area contributed by atoms with E-state index < -0.39 is 40.7 Å². The van der Waals surface area contributed by atoms with Crippen LogP contribution >= 0.6 is 0 Å². The standard InChI is InChI=1S/C18H22F3NO3/c1-4-25-16(24)14-12(9-5-6-9)13-10(22-15(14)18(19,20)21)7-17(2,3)8-11(13)23/h9,12-13H,4-8H2,1-3H3. The topological polar surface area (TPSA) is 55.7 Å². The number of nitrogens with zero attached hydrogens (tertiary/aromatic N) is 1. The first-order valence-corrected chi connectivity index (χ1v) is 8.64. The van der Waals surface area contributed by atoms with Crippen molar-refractivity contribution in [1.29, 1.82) is 0 Å². The summed E-state index contributed by atoms with van der Waals surface area (Å²) < 4.78 is 45.8. The Balaban J connectivity index is 2.17. The molecule has 0 aromatic carbocycles. The van der Waals surface area contributed by atoms with Gasteiger partial charge >= 0.3 is 12.1 Å². The number of esters is 1. The lowest BCUT2D eigenvalue weighted by Crippen LogP contribution is -2.46. The molecule has 4 nitrogen and oxygen atoms in total. The van der Waals surface area contributed by atoms with Gasteiger partial charge < -0.3 is 4.74 Å². The lowest BCUT2D eigenvalue weighted by atomic mass is 9.63. The van der Waals surface area contributed by atoms with Crippen LogP contribution in [0.25, 0.3) is 0 Å². The summed E-state index contributed by atoms with van der Waals surface area (Å²) in [6.45, 7) is 5.23. The van der Waals surface area contributed by atoms with Gasteiger partial charge in [0.05, 0.1) is 18.1 Å². The minimum atomic E-state index is -4.75. The Labute approximate surface area is 144 Å². The van der Waals surface area contributed by atoms with E-state index in [1.54, 1.807) is 6.92 Å². The largest absolute Gasteiger partial charge is 0.463 e. The Morgan fingerprint density at radius 3 is 2.44 bits per heavy atom. The van der Waals surface area contributed by atoms with Crippen molar-refractivity contribution in [1.82, 2.24) is 0 Å². The van der Waals surface area contributed by atoms with E-state index in [0.717, 1.165) is 12.8 Å². The smallest absolute Gasteiger partial charge is 0.433 e. The highest BCUT2D eigenvalue weighted by atomic mass is 19.4. The molecule has 0 aromatic rings. The fraction of sp³-hybridized carbons (Fsp3) is 0.722. The molecule has 0 radical (unpaired) electrons. The first-order chi connectivity index (χ1) is 11.5. The molecule has 2 saturated carbocycles. The van der Waals surface area contributed by atoms with Crippen LogP contribution < -0.4 is 0 Å². The highest BCUT2D eigenvalue weighted by Crippen LogP contribution is 2.53. The third kappa shape index (κ3) is 3.37. The summed E-state index contributed by atoms with van der Waals surface area (Å²) in [5, 5.41) is 0. The summed E-state index contributed by atoms with van der Waals surface area (Å²) in [4.78, 5) is 28.9. The molecule has 0 bridgehead atoms. The SMILES string of the molecule is CCOC(=O)C1=C(C(F)(F)F)N=C2CC(C)(C)CC(=O)C2C1C1CC1. The zero-order valence-electron chi connectivity index (χ0n) is 14.6. The zero-order chi connectivity index (χ0) is 18.6. The molecule has 1 heterocycles. The van der Waals surface area contributed by atoms with Crippen molar-refractivity contribution in [2.24, 2.45) is 28.2 Å². The number of fused-ring (bicyclic) bond motifs is 1. The fourth-order valence-corrected chi connectivity index (χ4v) is 4.10. The van der Waals surface area contributed by atoms with Crippen molar-refractivity contribution in [3.63, 3.8) is 0 Å². The van der Waals surface area contributed by atoms with Crippen molar-refractivity contribution in [2.75, 3.05) is 6.61 Å². The van der Waals surface area contributed by atoms with Gasteiger partial charge in [-0.1, -0.05) is 13.8 Å². The number of alkyl halides is 3. The van der Waals surface area contributed by atoms with Gasteiger partial charge in [-0.3, -0.25) is 9.79 Å². The van der Waals surface area contributed by atoms with Crippen LogP contribution in [0.2, 0.25) is 0 Å². The monoisotopic (exact) mass is 357 g/mol. The number of halogens is 3. The molecule has 1 aliphatic heterocycles. The fourth-order valence-electron chi connectivity index (χ4n) is 4.10. The number of Topliss-reactive ketones (excluding diaryl/α,β-unsaturated/α-hetero) is 1. The molecule has 2 unspecified atom stereocenters. The second kappa shape index (κ2) is 5.95. The quantitative estimate of drug-likeness (QED) is 0.721. The number of hydrogen-bond acceptors (Lipinski definition) is 4. The van der Waals surface area contributed by atoms with Crippen molar-refractivity contribution in [3.8, 4) is 0 Å². The van der Waals surface area contributed by atoms with Crippen LogP contribution in [0.5, 0.6) is 0 Å². The first kappa shape index (κ1) is 18.1. The van der Waals surface area contributed by atoms with E-state index in [0.29, 0.717) is 6.42 Å². The molecule has 0 N–H and O–H groups in total. The molecule has 7 heteroatoms. The maximum atomic E-state index is 13.6. The van der Waals surface area contributed by atoms with Crippen molar-refractivity contribution >= 4 is 17.5 Å². The Morgan fingerprint density at radius 1 is 1.28 bits per heavy atom. The number of ether oxygens (including phenoxy) is 1. The molecule has 138 valence electrons. The van der Waals surface area contributed by atoms with Crippen molar-refractivity contribution in [3.05, 3.63) is 11.3 Å². The zero-order valence-corrected chi connectivity index (χ0v) is 14.6. The predicted molar refractivity (Wildman–Crippen MR) is 84.9 cm³/mol. The van der Waals surface area contributed by atoms with E-state index in [2.05, 4.69) is 4.99 Å². The van der Waals surface area contributed by atoms with Gasteiger partial charge in [0.2, 0.25) is 0 Å². The molecule has 3 aliphatic rings. The Bertz CT molecular complexity index is 672. The minimum absolute atomic E-state index is 0.0208. The summed E-state index contributed by atoms with van der Waals surface area (Å²) in [5.41, 5.74) is -1.75. The van der Waals surface area contributed by atoms with Crippen LogP contribution in [0.1, 0.15) is 46.5 Å². The van der Waals surface area contributed by atoms with E-state index >= 15 is 0 Å². The lowest BCUT2D eigenvalue weighted by molar-refractivity contribution is -0.141. The summed E-state index contributed by atoms with van der Waals surface area (Å²) in [5.74, 6) is -2.67. The average molecular weight is 357 g/mol. The number of aliphatic imine (C=N–C) groups is 1. The van der Waals surface area contributed by atoms with E-state index in [1.807, 2.05) is 13.8 Å². The van der Waals surface area contributed by atoms with Gasteiger partial charge in [0.1, 0.15) is 5.78 Å². The van der Waals surface area contributed by atoms with E-state index in [-0.39, 0.29) is 30.4 Å². The summed E-state index contributed by atoms with van der Waals surface area (Å²) in [6.07, 6.45) is -2.68. The minimum Gasteiger partial charge on any atom is -0.463 e. The highest BCUT2D eigenvalue weighted by Gasteiger charge is 2.55. The molecule has 0 spiro atoms. The van der Waals surface area contributed by atoms with Crippen molar-refractivity contribution < 1.29 is 27.5 Å². The van der Waals surface area contributed by atoms with Crippen LogP contribution in [-0.4, -0.2) is 30.2 Å². The van der Waals surface area contributed by atoms with Gasteiger partial charge in [-0.15, -0.1) is 0 Å². The van der Waals surface area contributed by atoms with E-state index in [1.165, 1.54) is 0 Å². The van der Waals surface area contributed by atoms with Crippen LogP contribution in [0.15, 0.2) is 16.3 Å². The lowest BCUT2D eigenvalue weighted by Gasteiger charge is -2.41. The van der Waals surface area contributed by atoms with E-state index in [9.17, 15) is 22.8 Å². The Hall–Kier alpha value is -1.66. The maximum Gasteiger partial charge on any atom is 0.433 e. The summed E-state index contributed by atoms with van der Waals surface area (Å²) in [7, 11) is 0. The molecule has 2 atom stereocenters.